The fraction of sp³-hybridized carbons (Fsp3) is 0.423. The van der Waals surface area contributed by atoms with Gasteiger partial charge in [-0.25, -0.2) is 0 Å². The summed E-state index contributed by atoms with van der Waals surface area (Å²) in [4.78, 5) is 39.3. The number of aryl methyl sites for hydroxylation is 1. The third-order valence-corrected chi connectivity index (χ3v) is 6.45. The van der Waals surface area contributed by atoms with E-state index in [9.17, 15) is 14.4 Å². The van der Waals surface area contributed by atoms with Crippen LogP contribution in [0.4, 0.5) is 5.69 Å². The van der Waals surface area contributed by atoms with E-state index in [1.807, 2.05) is 41.3 Å². The van der Waals surface area contributed by atoms with Crippen LogP contribution >= 0.6 is 0 Å². The Hall–Kier alpha value is -3.15. The van der Waals surface area contributed by atoms with Crippen LogP contribution in [-0.2, 0) is 16.0 Å². The van der Waals surface area contributed by atoms with Crippen molar-refractivity contribution in [1.82, 2.24) is 10.2 Å². The van der Waals surface area contributed by atoms with Gasteiger partial charge in [0.1, 0.15) is 0 Å². The standard InChI is InChI=1S/C26H31N3O3/c1-18-16-23(18)25(31)28-22-9-5-8-20(17-22)26(32)29-14-12-21(13-15-29)27-24(30)11-10-19-6-3-2-4-7-19/h2-9,17-18,21,23H,10-16H2,1H3,(H,27,30)(H,28,31). The Morgan fingerprint density at radius 1 is 1.00 bits per heavy atom. The summed E-state index contributed by atoms with van der Waals surface area (Å²) in [7, 11) is 0. The molecule has 0 bridgehead atoms. The molecule has 2 unspecified atom stereocenters. The zero-order chi connectivity index (χ0) is 22.5. The molecule has 2 atom stereocenters. The molecule has 6 heteroatoms. The number of likely N-dealkylation sites (tertiary alicyclic amines) is 1. The van der Waals surface area contributed by atoms with Crippen molar-refractivity contribution >= 4 is 23.4 Å². The first-order valence-corrected chi connectivity index (χ1v) is 11.5. The van der Waals surface area contributed by atoms with Crippen LogP contribution in [0.5, 0.6) is 0 Å². The number of benzene rings is 2. The third-order valence-electron chi connectivity index (χ3n) is 6.45. The highest BCUT2D eigenvalue weighted by Gasteiger charge is 2.39. The van der Waals surface area contributed by atoms with Crippen molar-refractivity contribution in [2.75, 3.05) is 18.4 Å². The van der Waals surface area contributed by atoms with E-state index in [2.05, 4.69) is 17.6 Å². The molecule has 168 valence electrons. The quantitative estimate of drug-likeness (QED) is 0.700. The first-order chi connectivity index (χ1) is 15.5. The number of nitrogens with zero attached hydrogens (tertiary/aromatic N) is 1. The van der Waals surface area contributed by atoms with Gasteiger partial charge in [-0.3, -0.25) is 14.4 Å². The number of hydrogen-bond donors (Lipinski definition) is 2. The van der Waals surface area contributed by atoms with Gasteiger partial charge < -0.3 is 15.5 Å². The van der Waals surface area contributed by atoms with Crippen molar-refractivity contribution in [1.29, 1.82) is 0 Å². The molecule has 2 aliphatic rings. The SMILES string of the molecule is CC1CC1C(=O)Nc1cccc(C(=O)N2CCC(NC(=O)CCc3ccccc3)CC2)c1. The van der Waals surface area contributed by atoms with Crippen molar-refractivity contribution in [3.05, 3.63) is 65.7 Å². The fourth-order valence-corrected chi connectivity index (χ4v) is 4.26. The average molecular weight is 434 g/mol. The van der Waals surface area contributed by atoms with Crippen molar-refractivity contribution in [2.24, 2.45) is 11.8 Å². The first-order valence-electron chi connectivity index (χ1n) is 11.5. The maximum Gasteiger partial charge on any atom is 0.253 e. The number of carbonyl (C=O) groups excluding carboxylic acids is 3. The lowest BCUT2D eigenvalue weighted by Crippen LogP contribution is -2.46. The summed E-state index contributed by atoms with van der Waals surface area (Å²) in [5.41, 5.74) is 2.41. The Morgan fingerprint density at radius 3 is 2.41 bits per heavy atom. The second-order valence-corrected chi connectivity index (χ2v) is 9.01. The minimum atomic E-state index is -0.0326. The molecule has 0 spiro atoms. The lowest BCUT2D eigenvalue weighted by Gasteiger charge is -2.32. The van der Waals surface area contributed by atoms with Crippen LogP contribution in [0.2, 0.25) is 0 Å². The van der Waals surface area contributed by atoms with Crippen LogP contribution < -0.4 is 10.6 Å². The lowest BCUT2D eigenvalue weighted by atomic mass is 10.0. The van der Waals surface area contributed by atoms with Crippen LogP contribution in [-0.4, -0.2) is 41.8 Å². The minimum absolute atomic E-state index is 0.0326. The molecule has 3 amide bonds. The van der Waals surface area contributed by atoms with Gasteiger partial charge in [-0.15, -0.1) is 0 Å². The van der Waals surface area contributed by atoms with Crippen LogP contribution in [0.3, 0.4) is 0 Å². The van der Waals surface area contributed by atoms with Crippen molar-refractivity contribution in [3.63, 3.8) is 0 Å². The monoisotopic (exact) mass is 433 g/mol. The van der Waals surface area contributed by atoms with Gasteiger partial charge >= 0.3 is 0 Å². The highest BCUT2D eigenvalue weighted by Crippen LogP contribution is 2.38. The molecule has 2 fully saturated rings. The molecule has 1 aliphatic heterocycles. The predicted molar refractivity (Wildman–Crippen MR) is 124 cm³/mol. The highest BCUT2D eigenvalue weighted by atomic mass is 16.2. The zero-order valence-electron chi connectivity index (χ0n) is 18.5. The van der Waals surface area contributed by atoms with E-state index in [1.54, 1.807) is 18.2 Å². The Kier molecular flexibility index (Phi) is 6.88. The topological polar surface area (TPSA) is 78.5 Å². The summed E-state index contributed by atoms with van der Waals surface area (Å²) < 4.78 is 0. The summed E-state index contributed by atoms with van der Waals surface area (Å²) in [5.74, 6) is 0.601. The average Bonchev–Trinajstić information content (AvgIpc) is 3.55. The molecule has 2 aromatic carbocycles. The summed E-state index contributed by atoms with van der Waals surface area (Å²) in [6, 6.07) is 17.3. The maximum atomic E-state index is 13.0. The van der Waals surface area contributed by atoms with Crippen molar-refractivity contribution in [3.8, 4) is 0 Å². The van der Waals surface area contributed by atoms with Gasteiger partial charge in [0.2, 0.25) is 11.8 Å². The fourth-order valence-electron chi connectivity index (χ4n) is 4.26. The number of amides is 3. The Morgan fingerprint density at radius 2 is 1.72 bits per heavy atom. The van der Waals surface area contributed by atoms with E-state index < -0.39 is 0 Å². The van der Waals surface area contributed by atoms with Gasteiger partial charge in [-0.05, 0) is 55.4 Å². The molecule has 1 aliphatic carbocycles. The molecule has 0 radical (unpaired) electrons. The maximum absolute atomic E-state index is 13.0. The largest absolute Gasteiger partial charge is 0.353 e. The van der Waals surface area contributed by atoms with Gasteiger partial charge in [0.25, 0.3) is 5.91 Å². The Balaban J connectivity index is 1.23. The number of nitrogens with one attached hydrogen (secondary N) is 2. The lowest BCUT2D eigenvalue weighted by molar-refractivity contribution is -0.122. The van der Waals surface area contributed by atoms with E-state index in [-0.39, 0.29) is 29.7 Å². The first kappa shape index (κ1) is 22.1. The van der Waals surface area contributed by atoms with Gasteiger partial charge in [0.15, 0.2) is 0 Å². The van der Waals surface area contributed by atoms with E-state index in [1.165, 1.54) is 0 Å². The molecule has 0 aromatic heterocycles. The second kappa shape index (κ2) is 9.98. The van der Waals surface area contributed by atoms with E-state index in [4.69, 9.17) is 0 Å². The summed E-state index contributed by atoms with van der Waals surface area (Å²) in [5, 5.41) is 6.04. The van der Waals surface area contributed by atoms with Gasteiger partial charge in [-0.2, -0.15) is 0 Å². The smallest absolute Gasteiger partial charge is 0.253 e. The molecule has 32 heavy (non-hydrogen) atoms. The molecule has 6 nitrogen and oxygen atoms in total. The number of carbonyl (C=O) groups is 3. The van der Waals surface area contributed by atoms with E-state index >= 15 is 0 Å². The highest BCUT2D eigenvalue weighted by molar-refractivity contribution is 5.98. The van der Waals surface area contributed by atoms with Crippen LogP contribution in [0.15, 0.2) is 54.6 Å². The molecule has 1 saturated heterocycles. The van der Waals surface area contributed by atoms with E-state index in [0.29, 0.717) is 36.7 Å². The third kappa shape index (κ3) is 5.75. The van der Waals surface area contributed by atoms with Crippen LogP contribution in [0, 0.1) is 11.8 Å². The molecule has 1 saturated carbocycles. The van der Waals surface area contributed by atoms with Crippen molar-refractivity contribution in [2.45, 2.75) is 45.1 Å². The molecule has 2 aromatic rings. The number of rotatable bonds is 7. The number of hydrogen-bond acceptors (Lipinski definition) is 3. The summed E-state index contributed by atoms with van der Waals surface area (Å²) >= 11 is 0. The van der Waals surface area contributed by atoms with Crippen LogP contribution in [0.25, 0.3) is 0 Å². The summed E-state index contributed by atoms with van der Waals surface area (Å²) in [6.07, 6.45) is 3.64. The summed E-state index contributed by atoms with van der Waals surface area (Å²) in [6.45, 7) is 3.29. The zero-order valence-corrected chi connectivity index (χ0v) is 18.5. The molecular weight excluding hydrogens is 402 g/mol. The predicted octanol–water partition coefficient (Wildman–Crippen LogP) is 3.63. The molecule has 1 heterocycles. The van der Waals surface area contributed by atoms with Crippen molar-refractivity contribution < 1.29 is 14.4 Å². The van der Waals surface area contributed by atoms with Crippen LogP contribution in [0.1, 0.15) is 48.5 Å². The molecule has 2 N–H and O–H groups in total. The van der Waals surface area contributed by atoms with Gasteiger partial charge in [-0.1, -0.05) is 43.3 Å². The molecular formula is C26H31N3O3. The van der Waals surface area contributed by atoms with E-state index in [0.717, 1.165) is 31.2 Å². The Bertz CT molecular complexity index is 967. The second-order valence-electron chi connectivity index (χ2n) is 9.01. The normalized spacial score (nSPS) is 20.5. The number of piperidine rings is 1. The molecule has 4 rings (SSSR count). The van der Waals surface area contributed by atoms with Gasteiger partial charge in [0.05, 0.1) is 0 Å². The minimum Gasteiger partial charge on any atom is -0.353 e. The Labute approximate surface area is 189 Å². The number of anilines is 1. The van der Waals surface area contributed by atoms with Gasteiger partial charge in [0, 0.05) is 42.7 Å².